The van der Waals surface area contributed by atoms with Gasteiger partial charge in [0.15, 0.2) is 6.04 Å². The highest BCUT2D eigenvalue weighted by Crippen LogP contribution is 2.29. The van der Waals surface area contributed by atoms with Crippen LogP contribution < -0.4 is 10.1 Å². The number of carboxylic acid groups (broad SMARTS) is 1. The number of aliphatic carboxylic acids is 1. The number of para-hydroxylation sites is 2. The molecule has 0 aliphatic carbocycles. The van der Waals surface area contributed by atoms with Crippen molar-refractivity contribution < 1.29 is 14.6 Å². The summed E-state index contributed by atoms with van der Waals surface area (Å²) < 4.78 is 5.22. The topological polar surface area (TPSA) is 58.6 Å². The quantitative estimate of drug-likeness (QED) is 0.879. The number of carbonyl (C=O) groups is 1. The zero-order chi connectivity index (χ0) is 15.4. The number of benzene rings is 2. The lowest BCUT2D eigenvalue weighted by molar-refractivity contribution is -0.138. The number of anilines is 1. The van der Waals surface area contributed by atoms with Crippen molar-refractivity contribution in [2.24, 2.45) is 0 Å². The first-order chi connectivity index (χ1) is 10.0. The summed E-state index contributed by atoms with van der Waals surface area (Å²) >= 11 is 6.08. The van der Waals surface area contributed by atoms with Crippen LogP contribution in [0.1, 0.15) is 17.2 Å². The van der Waals surface area contributed by atoms with Crippen LogP contribution in [0.3, 0.4) is 0 Å². The average molecular weight is 306 g/mol. The standard InChI is InChI=1S/C16H16ClNO3/c1-10-7-8-11(9-12(10)17)15(16(19)20)18-13-5-3-4-6-14(13)21-2/h3-9,15,18H,1-2H3,(H,19,20). The fourth-order valence-corrected chi connectivity index (χ4v) is 2.18. The lowest BCUT2D eigenvalue weighted by Gasteiger charge is -2.18. The Morgan fingerprint density at radius 3 is 2.62 bits per heavy atom. The summed E-state index contributed by atoms with van der Waals surface area (Å²) in [6.07, 6.45) is 0. The summed E-state index contributed by atoms with van der Waals surface area (Å²) in [7, 11) is 1.54. The molecular weight excluding hydrogens is 290 g/mol. The van der Waals surface area contributed by atoms with Gasteiger partial charge in [0, 0.05) is 5.02 Å². The van der Waals surface area contributed by atoms with Gasteiger partial charge in [0.1, 0.15) is 5.75 Å². The minimum absolute atomic E-state index is 0.542. The highest BCUT2D eigenvalue weighted by atomic mass is 35.5. The Morgan fingerprint density at radius 1 is 1.29 bits per heavy atom. The van der Waals surface area contributed by atoms with Crippen LogP contribution in [-0.2, 0) is 4.79 Å². The molecule has 0 aromatic heterocycles. The smallest absolute Gasteiger partial charge is 0.330 e. The Balaban J connectivity index is 2.35. The van der Waals surface area contributed by atoms with Gasteiger partial charge in [-0.3, -0.25) is 0 Å². The van der Waals surface area contributed by atoms with Gasteiger partial charge in [0.05, 0.1) is 12.8 Å². The van der Waals surface area contributed by atoms with E-state index in [9.17, 15) is 9.90 Å². The maximum atomic E-state index is 11.6. The van der Waals surface area contributed by atoms with Gasteiger partial charge in [-0.05, 0) is 36.2 Å². The molecule has 0 aliphatic heterocycles. The van der Waals surface area contributed by atoms with Crippen LogP contribution >= 0.6 is 11.6 Å². The van der Waals surface area contributed by atoms with Crippen molar-refractivity contribution in [2.75, 3.05) is 12.4 Å². The second-order valence-electron chi connectivity index (χ2n) is 4.62. The fraction of sp³-hybridized carbons (Fsp3) is 0.188. The summed E-state index contributed by atoms with van der Waals surface area (Å²) in [6, 6.07) is 11.5. The normalized spacial score (nSPS) is 11.8. The second-order valence-corrected chi connectivity index (χ2v) is 5.03. The van der Waals surface area contributed by atoms with E-state index in [-0.39, 0.29) is 0 Å². The zero-order valence-electron chi connectivity index (χ0n) is 11.8. The molecule has 2 N–H and O–H groups in total. The molecule has 21 heavy (non-hydrogen) atoms. The van der Waals surface area contributed by atoms with Gasteiger partial charge in [-0.15, -0.1) is 0 Å². The number of hydrogen-bond acceptors (Lipinski definition) is 3. The third kappa shape index (κ3) is 3.47. The van der Waals surface area contributed by atoms with E-state index in [4.69, 9.17) is 16.3 Å². The molecule has 4 nitrogen and oxygen atoms in total. The van der Waals surface area contributed by atoms with Crippen molar-refractivity contribution in [1.29, 1.82) is 0 Å². The monoisotopic (exact) mass is 305 g/mol. The Kier molecular flexibility index (Phi) is 4.70. The zero-order valence-corrected chi connectivity index (χ0v) is 12.5. The van der Waals surface area contributed by atoms with Gasteiger partial charge < -0.3 is 15.2 Å². The van der Waals surface area contributed by atoms with E-state index in [0.29, 0.717) is 22.0 Å². The molecule has 0 aliphatic rings. The SMILES string of the molecule is COc1ccccc1NC(C(=O)O)c1ccc(C)c(Cl)c1. The molecule has 1 unspecified atom stereocenters. The molecule has 5 heteroatoms. The summed E-state index contributed by atoms with van der Waals surface area (Å²) in [4.78, 5) is 11.6. The van der Waals surface area contributed by atoms with Crippen LogP contribution in [-0.4, -0.2) is 18.2 Å². The molecule has 0 saturated heterocycles. The van der Waals surface area contributed by atoms with Gasteiger partial charge in [0.25, 0.3) is 0 Å². The largest absolute Gasteiger partial charge is 0.495 e. The third-order valence-corrected chi connectivity index (χ3v) is 3.59. The molecule has 1 atom stereocenters. The van der Waals surface area contributed by atoms with E-state index in [1.54, 1.807) is 37.4 Å². The summed E-state index contributed by atoms with van der Waals surface area (Å²) in [5.74, 6) is -0.400. The molecule has 2 aromatic rings. The molecule has 0 heterocycles. The Hall–Kier alpha value is -2.20. The van der Waals surface area contributed by atoms with Crippen LogP contribution in [0.25, 0.3) is 0 Å². The molecule has 2 aromatic carbocycles. The number of ether oxygens (including phenoxy) is 1. The van der Waals surface area contributed by atoms with Crippen molar-refractivity contribution in [2.45, 2.75) is 13.0 Å². The minimum atomic E-state index is -0.985. The number of rotatable bonds is 5. The molecule has 0 spiro atoms. The van der Waals surface area contributed by atoms with E-state index in [1.165, 1.54) is 0 Å². The minimum Gasteiger partial charge on any atom is -0.495 e. The average Bonchev–Trinajstić information content (AvgIpc) is 2.48. The van der Waals surface area contributed by atoms with Gasteiger partial charge in [-0.1, -0.05) is 35.9 Å². The summed E-state index contributed by atoms with van der Waals surface area (Å²) in [5.41, 5.74) is 2.11. The fourth-order valence-electron chi connectivity index (χ4n) is 2.00. The number of aryl methyl sites for hydroxylation is 1. The number of hydrogen-bond donors (Lipinski definition) is 2. The first-order valence-electron chi connectivity index (χ1n) is 6.41. The van der Waals surface area contributed by atoms with E-state index in [1.807, 2.05) is 19.1 Å². The van der Waals surface area contributed by atoms with E-state index >= 15 is 0 Å². The third-order valence-electron chi connectivity index (χ3n) is 3.18. The molecule has 0 saturated carbocycles. The maximum absolute atomic E-state index is 11.6. The number of halogens is 1. The van der Waals surface area contributed by atoms with E-state index in [0.717, 1.165) is 5.56 Å². The molecule has 0 radical (unpaired) electrons. The highest BCUT2D eigenvalue weighted by Gasteiger charge is 2.21. The van der Waals surface area contributed by atoms with E-state index in [2.05, 4.69) is 5.32 Å². The van der Waals surface area contributed by atoms with Crippen molar-refractivity contribution in [3.8, 4) is 5.75 Å². The van der Waals surface area contributed by atoms with Crippen LogP contribution in [0.15, 0.2) is 42.5 Å². The van der Waals surface area contributed by atoms with Crippen LogP contribution in [0.2, 0.25) is 5.02 Å². The van der Waals surface area contributed by atoms with Crippen molar-refractivity contribution >= 4 is 23.3 Å². The first-order valence-corrected chi connectivity index (χ1v) is 6.79. The first kappa shape index (κ1) is 15.2. The molecular formula is C16H16ClNO3. The van der Waals surface area contributed by atoms with Gasteiger partial charge in [0.2, 0.25) is 0 Å². The summed E-state index contributed by atoms with van der Waals surface area (Å²) in [5, 5.41) is 13.0. The Labute approximate surface area is 128 Å². The number of carboxylic acids is 1. The highest BCUT2D eigenvalue weighted by molar-refractivity contribution is 6.31. The van der Waals surface area contributed by atoms with Crippen LogP contribution in [0.5, 0.6) is 5.75 Å². The second kappa shape index (κ2) is 6.50. The van der Waals surface area contributed by atoms with Crippen molar-refractivity contribution in [3.05, 3.63) is 58.6 Å². The van der Waals surface area contributed by atoms with Gasteiger partial charge in [-0.2, -0.15) is 0 Å². The van der Waals surface area contributed by atoms with Crippen molar-refractivity contribution in [3.63, 3.8) is 0 Å². The van der Waals surface area contributed by atoms with Crippen LogP contribution in [0.4, 0.5) is 5.69 Å². The molecule has 0 bridgehead atoms. The molecule has 0 amide bonds. The Morgan fingerprint density at radius 2 is 2.00 bits per heavy atom. The van der Waals surface area contributed by atoms with Crippen LogP contribution in [0, 0.1) is 6.92 Å². The van der Waals surface area contributed by atoms with Gasteiger partial charge in [-0.25, -0.2) is 4.79 Å². The number of nitrogens with one attached hydrogen (secondary N) is 1. The lowest BCUT2D eigenvalue weighted by atomic mass is 10.0. The number of methoxy groups -OCH3 is 1. The predicted octanol–water partition coefficient (Wildman–Crippen LogP) is 3.89. The lowest BCUT2D eigenvalue weighted by Crippen LogP contribution is -2.20. The van der Waals surface area contributed by atoms with E-state index < -0.39 is 12.0 Å². The molecule has 0 fully saturated rings. The summed E-state index contributed by atoms with van der Waals surface area (Å²) in [6.45, 7) is 1.87. The van der Waals surface area contributed by atoms with Crippen molar-refractivity contribution in [1.82, 2.24) is 0 Å². The predicted molar refractivity (Wildman–Crippen MR) is 83.2 cm³/mol. The molecule has 110 valence electrons. The maximum Gasteiger partial charge on any atom is 0.330 e. The Bertz CT molecular complexity index is 658. The van der Waals surface area contributed by atoms with Gasteiger partial charge >= 0.3 is 5.97 Å². The molecule has 2 rings (SSSR count).